The second kappa shape index (κ2) is 9.01. The van der Waals surface area contributed by atoms with Crippen molar-refractivity contribution in [3.05, 3.63) is 108 Å². The van der Waals surface area contributed by atoms with Gasteiger partial charge in [0, 0.05) is 29.7 Å². The number of benzene rings is 3. The summed E-state index contributed by atoms with van der Waals surface area (Å²) in [7, 11) is 0. The van der Waals surface area contributed by atoms with Crippen molar-refractivity contribution in [3.63, 3.8) is 0 Å². The molecule has 4 rings (SSSR count). The van der Waals surface area contributed by atoms with Crippen LogP contribution in [0.3, 0.4) is 0 Å². The van der Waals surface area contributed by atoms with Gasteiger partial charge in [0.05, 0.1) is 0 Å². The third-order valence-corrected chi connectivity index (χ3v) is 4.69. The zero-order valence-corrected chi connectivity index (χ0v) is 16.7. The molecular formula is C25H22N4O. The van der Waals surface area contributed by atoms with Gasteiger partial charge in [-0.2, -0.15) is 4.98 Å². The third-order valence-electron chi connectivity index (χ3n) is 4.69. The minimum absolute atomic E-state index is 0.0198. The van der Waals surface area contributed by atoms with Crippen molar-refractivity contribution in [1.29, 1.82) is 0 Å². The fourth-order valence-corrected chi connectivity index (χ4v) is 3.18. The molecule has 0 amide bonds. The molecule has 0 unspecified atom stereocenters. The average Bonchev–Trinajstić information content (AvgIpc) is 2.79. The fraction of sp³-hybridized carbons (Fsp3) is 0.0800. The molecule has 0 spiro atoms. The van der Waals surface area contributed by atoms with Crippen molar-refractivity contribution in [2.24, 2.45) is 0 Å². The van der Waals surface area contributed by atoms with Crippen molar-refractivity contribution in [1.82, 2.24) is 9.97 Å². The smallest absolute Gasteiger partial charge is 0.229 e. The first kappa shape index (κ1) is 19.3. The molecule has 0 aliphatic heterocycles. The number of aromatic nitrogens is 2. The molecule has 0 bridgehead atoms. The van der Waals surface area contributed by atoms with Gasteiger partial charge in [-0.1, -0.05) is 60.7 Å². The van der Waals surface area contributed by atoms with E-state index in [1.807, 2.05) is 54.6 Å². The molecule has 0 fully saturated rings. The molecule has 0 radical (unpaired) electrons. The Balaban J connectivity index is 1.65. The van der Waals surface area contributed by atoms with Crippen LogP contribution in [0.25, 0.3) is 0 Å². The van der Waals surface area contributed by atoms with E-state index in [0.717, 1.165) is 17.2 Å². The van der Waals surface area contributed by atoms with E-state index in [9.17, 15) is 4.79 Å². The lowest BCUT2D eigenvalue weighted by Crippen LogP contribution is -2.18. The molecule has 0 aliphatic rings. The lowest BCUT2D eigenvalue weighted by Gasteiger charge is -2.24. The molecule has 0 saturated carbocycles. The minimum atomic E-state index is 0.0198. The van der Waals surface area contributed by atoms with E-state index in [2.05, 4.69) is 39.5 Å². The minimum Gasteiger partial charge on any atom is -0.324 e. The molecule has 4 aromatic rings. The van der Waals surface area contributed by atoms with Gasteiger partial charge in [0.15, 0.2) is 5.78 Å². The number of anilines is 4. The predicted octanol–water partition coefficient (Wildman–Crippen LogP) is 5.76. The van der Waals surface area contributed by atoms with Crippen LogP contribution in [0, 0.1) is 0 Å². The quantitative estimate of drug-likeness (QED) is 0.404. The Morgan fingerprint density at radius 1 is 0.900 bits per heavy atom. The molecule has 30 heavy (non-hydrogen) atoms. The van der Waals surface area contributed by atoms with Crippen molar-refractivity contribution in [3.8, 4) is 0 Å². The van der Waals surface area contributed by atoms with Gasteiger partial charge in [-0.15, -0.1) is 0 Å². The second-order valence-corrected chi connectivity index (χ2v) is 6.91. The Kier molecular flexibility index (Phi) is 5.80. The van der Waals surface area contributed by atoms with Crippen molar-refractivity contribution >= 4 is 28.9 Å². The summed E-state index contributed by atoms with van der Waals surface area (Å²) in [5, 5.41) is 3.21. The summed E-state index contributed by atoms with van der Waals surface area (Å²) in [6, 6.07) is 29.7. The Hall–Kier alpha value is -3.99. The molecule has 1 N–H and O–H groups in total. The standard InChI is InChI=1S/C25H22N4O/c1-19(30)21-11-8-12-22(17-21)27-25-26-16-15-24(28-25)29(23-13-6-3-7-14-23)18-20-9-4-2-5-10-20/h2-17H,18H2,1H3,(H,26,27,28). The van der Waals surface area contributed by atoms with Crippen LogP contribution in [0.5, 0.6) is 0 Å². The van der Waals surface area contributed by atoms with Crippen LogP contribution in [0.1, 0.15) is 22.8 Å². The molecule has 0 saturated heterocycles. The van der Waals surface area contributed by atoms with Crippen LogP contribution in [-0.4, -0.2) is 15.8 Å². The molecule has 1 heterocycles. The van der Waals surface area contributed by atoms with Crippen LogP contribution in [0.15, 0.2) is 97.2 Å². The maximum absolute atomic E-state index is 11.7. The van der Waals surface area contributed by atoms with Crippen LogP contribution >= 0.6 is 0 Å². The maximum Gasteiger partial charge on any atom is 0.229 e. The monoisotopic (exact) mass is 394 g/mol. The SMILES string of the molecule is CC(=O)c1cccc(Nc2nccc(N(Cc3ccccc3)c3ccccc3)n2)c1. The van der Waals surface area contributed by atoms with Crippen molar-refractivity contribution in [2.75, 3.05) is 10.2 Å². The van der Waals surface area contributed by atoms with Gasteiger partial charge in [-0.3, -0.25) is 4.79 Å². The fourth-order valence-electron chi connectivity index (χ4n) is 3.18. The number of carbonyl (C=O) groups is 1. The lowest BCUT2D eigenvalue weighted by molar-refractivity contribution is 0.101. The number of rotatable bonds is 7. The predicted molar refractivity (Wildman–Crippen MR) is 120 cm³/mol. The molecular weight excluding hydrogens is 372 g/mol. The van der Waals surface area contributed by atoms with Gasteiger partial charge >= 0.3 is 0 Å². The number of hydrogen-bond donors (Lipinski definition) is 1. The molecule has 0 atom stereocenters. The van der Waals surface area contributed by atoms with Crippen LogP contribution in [0.2, 0.25) is 0 Å². The highest BCUT2D eigenvalue weighted by Crippen LogP contribution is 2.27. The summed E-state index contributed by atoms with van der Waals surface area (Å²) in [4.78, 5) is 22.9. The van der Waals surface area contributed by atoms with E-state index in [4.69, 9.17) is 4.98 Å². The first-order valence-electron chi connectivity index (χ1n) is 9.76. The summed E-state index contributed by atoms with van der Waals surface area (Å²) >= 11 is 0. The lowest BCUT2D eigenvalue weighted by atomic mass is 10.1. The Labute approximate surface area is 176 Å². The number of ketones is 1. The van der Waals surface area contributed by atoms with E-state index < -0.39 is 0 Å². The maximum atomic E-state index is 11.7. The number of nitrogens with zero attached hydrogens (tertiary/aromatic N) is 3. The highest BCUT2D eigenvalue weighted by Gasteiger charge is 2.13. The van der Waals surface area contributed by atoms with E-state index in [1.54, 1.807) is 25.3 Å². The van der Waals surface area contributed by atoms with E-state index in [1.165, 1.54) is 5.56 Å². The highest BCUT2D eigenvalue weighted by atomic mass is 16.1. The molecule has 3 aromatic carbocycles. The summed E-state index contributed by atoms with van der Waals surface area (Å²) in [6.07, 6.45) is 1.74. The van der Waals surface area contributed by atoms with Crippen LogP contribution in [0.4, 0.5) is 23.1 Å². The van der Waals surface area contributed by atoms with Gasteiger partial charge < -0.3 is 10.2 Å². The first-order valence-corrected chi connectivity index (χ1v) is 9.76. The number of Topliss-reactive ketones (excluding diaryl/α,β-unsaturated/α-hetero) is 1. The summed E-state index contributed by atoms with van der Waals surface area (Å²) < 4.78 is 0. The largest absolute Gasteiger partial charge is 0.324 e. The number of para-hydroxylation sites is 1. The molecule has 1 aromatic heterocycles. The number of nitrogens with one attached hydrogen (secondary N) is 1. The molecule has 5 nitrogen and oxygen atoms in total. The summed E-state index contributed by atoms with van der Waals surface area (Å²) in [5.41, 5.74) is 3.65. The Bertz CT molecular complexity index is 1130. The van der Waals surface area contributed by atoms with Crippen molar-refractivity contribution < 1.29 is 4.79 Å². The van der Waals surface area contributed by atoms with Gasteiger partial charge in [0.2, 0.25) is 5.95 Å². The van der Waals surface area contributed by atoms with E-state index in [0.29, 0.717) is 18.1 Å². The van der Waals surface area contributed by atoms with Crippen LogP contribution in [-0.2, 0) is 6.54 Å². The zero-order valence-electron chi connectivity index (χ0n) is 16.7. The highest BCUT2D eigenvalue weighted by molar-refractivity contribution is 5.95. The number of carbonyl (C=O) groups excluding carboxylic acids is 1. The third kappa shape index (κ3) is 4.70. The molecule has 5 heteroatoms. The zero-order chi connectivity index (χ0) is 20.8. The van der Waals surface area contributed by atoms with Gasteiger partial charge in [-0.25, -0.2) is 4.98 Å². The van der Waals surface area contributed by atoms with Gasteiger partial charge in [0.25, 0.3) is 0 Å². The van der Waals surface area contributed by atoms with Crippen molar-refractivity contribution in [2.45, 2.75) is 13.5 Å². The first-order chi connectivity index (χ1) is 14.7. The topological polar surface area (TPSA) is 58.1 Å². The normalized spacial score (nSPS) is 10.4. The Morgan fingerprint density at radius 2 is 1.63 bits per heavy atom. The van der Waals surface area contributed by atoms with Gasteiger partial charge in [0.1, 0.15) is 5.82 Å². The Morgan fingerprint density at radius 3 is 2.37 bits per heavy atom. The van der Waals surface area contributed by atoms with E-state index >= 15 is 0 Å². The number of hydrogen-bond acceptors (Lipinski definition) is 5. The van der Waals surface area contributed by atoms with E-state index in [-0.39, 0.29) is 5.78 Å². The van der Waals surface area contributed by atoms with Crippen LogP contribution < -0.4 is 10.2 Å². The summed E-state index contributed by atoms with van der Waals surface area (Å²) in [5.74, 6) is 1.28. The van der Waals surface area contributed by atoms with Gasteiger partial charge in [-0.05, 0) is 42.8 Å². The molecule has 0 aliphatic carbocycles. The molecule has 148 valence electrons. The average molecular weight is 394 g/mol. The second-order valence-electron chi connectivity index (χ2n) is 6.91. The summed E-state index contributed by atoms with van der Waals surface area (Å²) in [6.45, 7) is 2.23.